The van der Waals surface area contributed by atoms with Gasteiger partial charge in [-0.2, -0.15) is 0 Å². The first-order valence-electron chi connectivity index (χ1n) is 15.9. The minimum Gasteiger partial charge on any atom is -0.457 e. The Labute approximate surface area is 281 Å². The van der Waals surface area contributed by atoms with Crippen molar-refractivity contribution in [2.45, 2.75) is 5.41 Å². The molecule has 220 valence electrons. The lowest BCUT2D eigenvalue weighted by atomic mass is 9.66. The third kappa shape index (κ3) is 3.63. The number of ether oxygens (including phenoxy) is 1. The van der Waals surface area contributed by atoms with Crippen LogP contribution in [0.15, 0.2) is 162 Å². The molecule has 0 saturated carbocycles. The van der Waals surface area contributed by atoms with Gasteiger partial charge < -0.3 is 4.74 Å². The van der Waals surface area contributed by atoms with E-state index in [0.29, 0.717) is 0 Å². The van der Waals surface area contributed by atoms with Gasteiger partial charge in [-0.05, 0) is 101 Å². The second kappa shape index (κ2) is 9.99. The van der Waals surface area contributed by atoms with Crippen molar-refractivity contribution in [3.05, 3.63) is 185 Å². The highest BCUT2D eigenvalue weighted by Gasteiger charge is 2.51. The predicted octanol–water partition coefficient (Wildman–Crippen LogP) is 12.0. The summed E-state index contributed by atoms with van der Waals surface area (Å²) in [4.78, 5) is 4.60. The van der Waals surface area contributed by atoms with Gasteiger partial charge in [-0.15, -0.1) is 0 Å². The molecule has 8 aromatic rings. The Morgan fingerprint density at radius 2 is 0.936 bits per heavy atom. The van der Waals surface area contributed by atoms with Crippen molar-refractivity contribution < 1.29 is 4.74 Å². The normalized spacial score (nSPS) is 13.6. The Kier molecular flexibility index (Phi) is 5.67. The molecule has 7 aromatic carbocycles. The van der Waals surface area contributed by atoms with Crippen LogP contribution >= 0.6 is 15.9 Å². The number of rotatable bonds is 2. The highest BCUT2D eigenvalue weighted by atomic mass is 79.9. The van der Waals surface area contributed by atoms with Crippen LogP contribution in [0.4, 0.5) is 0 Å². The molecular formula is C44H26BrNO. The van der Waals surface area contributed by atoms with Crippen molar-refractivity contribution in [1.29, 1.82) is 0 Å². The molecule has 2 heterocycles. The van der Waals surface area contributed by atoms with E-state index in [2.05, 4.69) is 167 Å². The maximum atomic E-state index is 6.58. The Bertz CT molecular complexity index is 2470. The van der Waals surface area contributed by atoms with Gasteiger partial charge in [-0.1, -0.05) is 127 Å². The zero-order valence-corrected chi connectivity index (χ0v) is 26.8. The molecule has 0 atom stereocenters. The summed E-state index contributed by atoms with van der Waals surface area (Å²) in [5, 5.41) is 4.87. The van der Waals surface area contributed by atoms with E-state index in [-0.39, 0.29) is 0 Å². The van der Waals surface area contributed by atoms with Crippen molar-refractivity contribution in [1.82, 2.24) is 4.98 Å². The third-order valence-electron chi connectivity index (χ3n) is 10.1. The fourth-order valence-electron chi connectivity index (χ4n) is 8.28. The molecule has 0 amide bonds. The number of nitrogens with zero attached hydrogens (tertiary/aromatic N) is 1. The van der Waals surface area contributed by atoms with E-state index in [1.807, 2.05) is 12.3 Å². The highest BCUT2D eigenvalue weighted by molar-refractivity contribution is 9.10. The van der Waals surface area contributed by atoms with Gasteiger partial charge >= 0.3 is 0 Å². The fourth-order valence-corrected chi connectivity index (χ4v) is 8.52. The summed E-state index contributed by atoms with van der Waals surface area (Å²) in [6, 6.07) is 54.9. The molecule has 0 radical (unpaired) electrons. The summed E-state index contributed by atoms with van der Waals surface area (Å²) in [6.07, 6.45) is 1.97. The largest absolute Gasteiger partial charge is 0.457 e. The summed E-state index contributed by atoms with van der Waals surface area (Å²) in [6.45, 7) is 0. The summed E-state index contributed by atoms with van der Waals surface area (Å²) >= 11 is 3.53. The first-order chi connectivity index (χ1) is 23.2. The average molecular weight is 665 g/mol. The smallest absolute Gasteiger partial charge is 0.132 e. The van der Waals surface area contributed by atoms with Crippen LogP contribution in [0.25, 0.3) is 54.9 Å². The van der Waals surface area contributed by atoms with Gasteiger partial charge in [0.05, 0.1) is 5.41 Å². The lowest BCUT2D eigenvalue weighted by molar-refractivity contribution is 0.436. The number of pyridine rings is 1. The number of benzene rings is 7. The number of fused-ring (bicyclic) bond motifs is 11. The zero-order valence-electron chi connectivity index (χ0n) is 25.2. The molecule has 2 nitrogen and oxygen atoms in total. The second-order valence-corrected chi connectivity index (χ2v) is 13.2. The van der Waals surface area contributed by atoms with Crippen LogP contribution < -0.4 is 4.74 Å². The van der Waals surface area contributed by atoms with Gasteiger partial charge in [0.2, 0.25) is 0 Å². The Hall–Kier alpha value is -5.51. The zero-order chi connectivity index (χ0) is 31.1. The maximum Gasteiger partial charge on any atom is 0.132 e. The van der Waals surface area contributed by atoms with Crippen molar-refractivity contribution in [2.75, 3.05) is 0 Å². The monoisotopic (exact) mass is 663 g/mol. The fraction of sp³-hybridized carbons (Fsp3) is 0.0227. The first-order valence-corrected chi connectivity index (χ1v) is 16.7. The van der Waals surface area contributed by atoms with Crippen LogP contribution in [0.2, 0.25) is 0 Å². The number of aromatic nitrogens is 1. The van der Waals surface area contributed by atoms with Gasteiger partial charge in [-0.3, -0.25) is 0 Å². The molecule has 0 N–H and O–H groups in total. The van der Waals surface area contributed by atoms with Crippen molar-refractivity contribution in [2.24, 2.45) is 0 Å². The molecule has 1 aliphatic carbocycles. The number of halogens is 1. The lowest BCUT2D eigenvalue weighted by Crippen LogP contribution is -2.32. The minimum atomic E-state index is -0.512. The van der Waals surface area contributed by atoms with Crippen LogP contribution in [0, 0.1) is 0 Å². The summed E-state index contributed by atoms with van der Waals surface area (Å²) in [7, 11) is 0. The Morgan fingerprint density at radius 1 is 0.447 bits per heavy atom. The topological polar surface area (TPSA) is 22.1 Å². The van der Waals surface area contributed by atoms with Gasteiger partial charge in [0.25, 0.3) is 0 Å². The molecule has 47 heavy (non-hydrogen) atoms. The quantitative estimate of drug-likeness (QED) is 0.136. The van der Waals surface area contributed by atoms with Gasteiger partial charge in [0.1, 0.15) is 16.1 Å². The first kappa shape index (κ1) is 26.7. The number of hydrogen-bond donors (Lipinski definition) is 0. The predicted molar refractivity (Wildman–Crippen MR) is 195 cm³/mol. The minimum absolute atomic E-state index is 0.512. The van der Waals surface area contributed by atoms with Crippen molar-refractivity contribution in [3.63, 3.8) is 0 Å². The standard InChI is InChI=1S/C44H26BrNO/c45-41-24-22-28(26-46-41)43-33-14-3-1-12-31(33)42(32-13-2-4-15-34(32)43)27-21-23-30-29-11-5-6-16-35(29)44(38(30)25-27)36-17-7-9-19-39(36)47-40-20-10-8-18-37(40)44/h1-26H. The molecule has 3 heteroatoms. The highest BCUT2D eigenvalue weighted by Crippen LogP contribution is 2.62. The average Bonchev–Trinajstić information content (AvgIpc) is 3.41. The summed E-state index contributed by atoms with van der Waals surface area (Å²) < 4.78 is 7.41. The summed E-state index contributed by atoms with van der Waals surface area (Å²) in [5.74, 6) is 1.81. The molecule has 1 aliphatic heterocycles. The lowest BCUT2D eigenvalue weighted by Gasteiger charge is -2.39. The van der Waals surface area contributed by atoms with Crippen LogP contribution in [0.1, 0.15) is 22.3 Å². The van der Waals surface area contributed by atoms with E-state index in [0.717, 1.165) is 21.7 Å². The summed E-state index contributed by atoms with van der Waals surface area (Å²) in [5.41, 5.74) is 11.7. The molecule has 0 fully saturated rings. The molecule has 1 spiro atoms. The van der Waals surface area contributed by atoms with Gasteiger partial charge in [0.15, 0.2) is 0 Å². The second-order valence-electron chi connectivity index (χ2n) is 12.4. The van der Waals surface area contributed by atoms with Crippen LogP contribution in [0.3, 0.4) is 0 Å². The molecule has 2 aliphatic rings. The van der Waals surface area contributed by atoms with Crippen LogP contribution in [-0.2, 0) is 5.41 Å². The van der Waals surface area contributed by atoms with Crippen LogP contribution in [0.5, 0.6) is 11.5 Å². The molecule has 0 saturated heterocycles. The van der Waals surface area contributed by atoms with E-state index in [4.69, 9.17) is 4.74 Å². The van der Waals surface area contributed by atoms with E-state index >= 15 is 0 Å². The van der Waals surface area contributed by atoms with E-state index in [9.17, 15) is 0 Å². The van der Waals surface area contributed by atoms with Gasteiger partial charge in [0, 0.05) is 22.9 Å². The molecule has 0 unspecified atom stereocenters. The number of hydrogen-bond acceptors (Lipinski definition) is 2. The van der Waals surface area contributed by atoms with Crippen molar-refractivity contribution in [3.8, 4) is 44.9 Å². The third-order valence-corrected chi connectivity index (χ3v) is 10.6. The maximum absolute atomic E-state index is 6.58. The number of para-hydroxylation sites is 2. The Balaban J connectivity index is 1.32. The molecule has 10 rings (SSSR count). The van der Waals surface area contributed by atoms with E-state index < -0.39 is 5.41 Å². The SMILES string of the molecule is Brc1ccc(-c2c3ccccc3c(-c3ccc4c(c3)C3(c5ccccc5Oc5ccccc53)c3ccccc3-4)c3ccccc23)cn1. The molecule has 1 aromatic heterocycles. The van der Waals surface area contributed by atoms with Crippen molar-refractivity contribution >= 4 is 37.5 Å². The van der Waals surface area contributed by atoms with E-state index in [1.165, 1.54) is 71.6 Å². The van der Waals surface area contributed by atoms with Gasteiger partial charge in [-0.25, -0.2) is 4.98 Å². The van der Waals surface area contributed by atoms with E-state index in [1.54, 1.807) is 0 Å². The Morgan fingerprint density at radius 3 is 1.53 bits per heavy atom. The molecular weight excluding hydrogens is 638 g/mol. The van der Waals surface area contributed by atoms with Crippen LogP contribution in [-0.4, -0.2) is 4.98 Å². The molecule has 0 bridgehead atoms.